The van der Waals surface area contributed by atoms with Gasteiger partial charge in [0.15, 0.2) is 5.78 Å². The minimum atomic E-state index is -0.223. The van der Waals surface area contributed by atoms with Gasteiger partial charge >= 0.3 is 0 Å². The van der Waals surface area contributed by atoms with Gasteiger partial charge in [-0.3, -0.25) is 14.8 Å². The number of unbranched alkanes of at least 4 members (excludes halogenated alkanes) is 1. The number of hydrogen-bond acceptors (Lipinski definition) is 4. The van der Waals surface area contributed by atoms with Crippen LogP contribution in [0.2, 0.25) is 0 Å². The second-order valence-electron chi connectivity index (χ2n) is 7.59. The van der Waals surface area contributed by atoms with Crippen LogP contribution in [-0.2, 0) is 4.79 Å². The van der Waals surface area contributed by atoms with Gasteiger partial charge in [-0.1, -0.05) is 37.5 Å². The number of fused-ring (bicyclic) bond motifs is 1. The van der Waals surface area contributed by atoms with Gasteiger partial charge in [-0.2, -0.15) is 0 Å². The number of benzene rings is 2. The molecule has 1 saturated carbocycles. The van der Waals surface area contributed by atoms with E-state index in [0.717, 1.165) is 47.3 Å². The summed E-state index contributed by atoms with van der Waals surface area (Å²) in [5.74, 6) is 0.653. The van der Waals surface area contributed by atoms with Gasteiger partial charge in [-0.15, -0.1) is 0 Å². The lowest BCUT2D eigenvalue weighted by Crippen LogP contribution is -2.38. The Hall–Kier alpha value is -2.40. The Bertz CT molecular complexity index is 826. The largest absolute Gasteiger partial charge is 0.497 e. The Morgan fingerprint density at radius 2 is 1.68 bits per heavy atom. The Balaban J connectivity index is 1.46. The molecule has 0 radical (unpaired) electrons. The first kappa shape index (κ1) is 20.3. The monoisotopic (exact) mass is 383 g/mol. The van der Waals surface area contributed by atoms with Crippen molar-refractivity contribution in [3.05, 3.63) is 42.0 Å². The summed E-state index contributed by atoms with van der Waals surface area (Å²) in [6.45, 7) is 0. The molecule has 150 valence electrons. The van der Waals surface area contributed by atoms with Gasteiger partial charge in [0.1, 0.15) is 5.75 Å². The van der Waals surface area contributed by atoms with E-state index in [1.165, 1.54) is 6.42 Å². The van der Waals surface area contributed by atoms with E-state index < -0.39 is 0 Å². The van der Waals surface area contributed by atoms with Gasteiger partial charge < -0.3 is 4.74 Å². The fourth-order valence-corrected chi connectivity index (χ4v) is 3.87. The second kappa shape index (κ2) is 9.69. The van der Waals surface area contributed by atoms with Crippen molar-refractivity contribution >= 4 is 22.5 Å². The van der Waals surface area contributed by atoms with Gasteiger partial charge in [0.2, 0.25) is 5.91 Å². The number of hydrogen-bond donors (Lipinski definition) is 1. The number of ether oxygens (including phenoxy) is 1. The van der Waals surface area contributed by atoms with E-state index in [-0.39, 0.29) is 24.2 Å². The molecule has 0 bridgehead atoms. The van der Waals surface area contributed by atoms with E-state index in [0.29, 0.717) is 24.8 Å². The molecule has 0 heterocycles. The number of methoxy groups -OCH3 is 1. The molecule has 0 spiro atoms. The normalized spacial score (nSPS) is 14.8. The first-order valence-electron chi connectivity index (χ1n) is 10.2. The third-order valence-electron chi connectivity index (χ3n) is 5.59. The van der Waals surface area contributed by atoms with Crippen molar-refractivity contribution in [2.75, 3.05) is 7.11 Å². The number of hydroxylamine groups is 2. The van der Waals surface area contributed by atoms with E-state index in [1.807, 2.05) is 36.4 Å². The summed E-state index contributed by atoms with van der Waals surface area (Å²) in [4.78, 5) is 24.6. The zero-order valence-corrected chi connectivity index (χ0v) is 16.5. The number of nitrogens with zero attached hydrogens (tertiary/aromatic N) is 1. The van der Waals surface area contributed by atoms with Crippen LogP contribution in [0.3, 0.4) is 0 Å². The number of Topliss-reactive ketones (excluding diaryl/α,β-unsaturated/α-hetero) is 1. The van der Waals surface area contributed by atoms with E-state index >= 15 is 0 Å². The first-order chi connectivity index (χ1) is 13.6. The van der Waals surface area contributed by atoms with Crippen molar-refractivity contribution in [1.29, 1.82) is 0 Å². The zero-order chi connectivity index (χ0) is 19.9. The van der Waals surface area contributed by atoms with Crippen LogP contribution < -0.4 is 4.74 Å². The smallest absolute Gasteiger partial charge is 0.246 e. The summed E-state index contributed by atoms with van der Waals surface area (Å²) >= 11 is 0. The Morgan fingerprint density at radius 1 is 1.00 bits per heavy atom. The van der Waals surface area contributed by atoms with Crippen LogP contribution in [0.25, 0.3) is 10.8 Å². The number of carbonyl (C=O) groups excluding carboxylic acids is 2. The minimum Gasteiger partial charge on any atom is -0.497 e. The van der Waals surface area contributed by atoms with E-state index in [4.69, 9.17) is 4.74 Å². The standard InChI is InChI=1S/C23H29NO4/c1-28-21-14-13-17-15-19(12-11-18(17)16-21)22(25)9-5-6-10-23(26)24(27)20-7-3-2-4-8-20/h11-16,20,27H,2-10H2,1H3. The molecule has 0 aromatic heterocycles. The maximum Gasteiger partial charge on any atom is 0.246 e. The Morgan fingerprint density at radius 3 is 2.43 bits per heavy atom. The summed E-state index contributed by atoms with van der Waals surface area (Å²) in [6, 6.07) is 11.4. The summed E-state index contributed by atoms with van der Waals surface area (Å²) in [5.41, 5.74) is 0.690. The number of amides is 1. The summed E-state index contributed by atoms with van der Waals surface area (Å²) in [5, 5.41) is 13.1. The lowest BCUT2D eigenvalue weighted by molar-refractivity contribution is -0.178. The molecule has 1 aliphatic rings. The van der Waals surface area contributed by atoms with Crippen LogP contribution in [0.4, 0.5) is 0 Å². The Kier molecular flexibility index (Phi) is 7.04. The van der Waals surface area contributed by atoms with Crippen LogP contribution >= 0.6 is 0 Å². The zero-order valence-electron chi connectivity index (χ0n) is 16.5. The highest BCUT2D eigenvalue weighted by molar-refractivity contribution is 6.00. The molecule has 28 heavy (non-hydrogen) atoms. The molecule has 1 aliphatic carbocycles. The predicted octanol–water partition coefficient (Wildman–Crippen LogP) is 5.14. The van der Waals surface area contributed by atoms with E-state index in [1.54, 1.807) is 7.11 Å². The lowest BCUT2D eigenvalue weighted by atomic mass is 9.95. The van der Waals surface area contributed by atoms with Gasteiger partial charge in [-0.25, -0.2) is 5.06 Å². The SMILES string of the molecule is COc1ccc2cc(C(=O)CCCCC(=O)N(O)C3CCCCC3)ccc2c1. The molecule has 1 fully saturated rings. The van der Waals surface area contributed by atoms with Crippen LogP contribution in [0.5, 0.6) is 5.75 Å². The molecule has 2 aromatic rings. The third kappa shape index (κ3) is 5.10. The number of ketones is 1. The number of rotatable bonds is 8. The van der Waals surface area contributed by atoms with Gasteiger partial charge in [-0.05, 0) is 54.7 Å². The van der Waals surface area contributed by atoms with Gasteiger partial charge in [0.05, 0.1) is 13.2 Å². The molecular formula is C23H29NO4. The number of carbonyl (C=O) groups is 2. The highest BCUT2D eigenvalue weighted by atomic mass is 16.5. The molecule has 1 N–H and O–H groups in total. The average Bonchev–Trinajstić information content (AvgIpc) is 2.75. The molecule has 5 heteroatoms. The topological polar surface area (TPSA) is 66.8 Å². The average molecular weight is 383 g/mol. The highest BCUT2D eigenvalue weighted by Gasteiger charge is 2.23. The maximum atomic E-state index is 12.5. The lowest BCUT2D eigenvalue weighted by Gasteiger charge is -2.29. The molecule has 1 amide bonds. The Labute approximate surface area is 166 Å². The van der Waals surface area contributed by atoms with E-state index in [9.17, 15) is 14.8 Å². The van der Waals surface area contributed by atoms with Crippen molar-refractivity contribution in [3.8, 4) is 5.75 Å². The molecular weight excluding hydrogens is 354 g/mol. The summed E-state index contributed by atoms with van der Waals surface area (Å²) < 4.78 is 5.22. The fourth-order valence-electron chi connectivity index (χ4n) is 3.87. The van der Waals surface area contributed by atoms with Crippen LogP contribution in [0.1, 0.15) is 68.1 Å². The minimum absolute atomic E-state index is 0.0286. The van der Waals surface area contributed by atoms with Crippen LogP contribution in [0.15, 0.2) is 36.4 Å². The molecule has 0 unspecified atom stereocenters. The highest BCUT2D eigenvalue weighted by Crippen LogP contribution is 2.24. The third-order valence-corrected chi connectivity index (χ3v) is 5.59. The van der Waals surface area contributed by atoms with Crippen molar-refractivity contribution in [2.45, 2.75) is 63.8 Å². The van der Waals surface area contributed by atoms with E-state index in [2.05, 4.69) is 0 Å². The fraction of sp³-hybridized carbons (Fsp3) is 0.478. The molecule has 0 aliphatic heterocycles. The molecule has 0 atom stereocenters. The molecule has 5 nitrogen and oxygen atoms in total. The van der Waals surface area contributed by atoms with Crippen molar-refractivity contribution < 1.29 is 19.5 Å². The second-order valence-corrected chi connectivity index (χ2v) is 7.59. The van der Waals surface area contributed by atoms with Gasteiger partial charge in [0.25, 0.3) is 0 Å². The summed E-state index contributed by atoms with van der Waals surface area (Å²) in [6.07, 6.45) is 7.04. The van der Waals surface area contributed by atoms with Crippen molar-refractivity contribution in [1.82, 2.24) is 5.06 Å². The molecule has 2 aromatic carbocycles. The predicted molar refractivity (Wildman–Crippen MR) is 109 cm³/mol. The molecule has 3 rings (SSSR count). The van der Waals surface area contributed by atoms with Crippen LogP contribution in [-0.4, -0.2) is 35.1 Å². The van der Waals surface area contributed by atoms with Crippen molar-refractivity contribution in [3.63, 3.8) is 0 Å². The maximum absolute atomic E-state index is 12.5. The van der Waals surface area contributed by atoms with Gasteiger partial charge in [0, 0.05) is 18.4 Å². The summed E-state index contributed by atoms with van der Waals surface area (Å²) in [7, 11) is 1.63. The molecule has 0 saturated heterocycles. The quantitative estimate of drug-likeness (QED) is 0.297. The van der Waals surface area contributed by atoms with Crippen LogP contribution in [0, 0.1) is 0 Å². The van der Waals surface area contributed by atoms with Crippen molar-refractivity contribution in [2.24, 2.45) is 0 Å². The first-order valence-corrected chi connectivity index (χ1v) is 10.2.